The number of benzene rings is 1. The van der Waals surface area contributed by atoms with Gasteiger partial charge in [-0.15, -0.1) is 0 Å². The second-order valence-electron chi connectivity index (χ2n) is 4.20. The van der Waals surface area contributed by atoms with Gasteiger partial charge in [-0.1, -0.05) is 11.6 Å². The van der Waals surface area contributed by atoms with Gasteiger partial charge in [0.15, 0.2) is 0 Å². The van der Waals surface area contributed by atoms with Gasteiger partial charge in [0.25, 0.3) is 0 Å². The number of hydrogen-bond acceptors (Lipinski definition) is 4. The Labute approximate surface area is 114 Å². The van der Waals surface area contributed by atoms with Gasteiger partial charge >= 0.3 is 0 Å². The molecule has 1 atom stereocenters. The molecule has 18 heavy (non-hydrogen) atoms. The molecule has 102 valence electrons. The van der Waals surface area contributed by atoms with Gasteiger partial charge in [0.05, 0.1) is 23.9 Å². The lowest BCUT2D eigenvalue weighted by Gasteiger charge is -2.31. The molecule has 0 radical (unpaired) electrons. The molecule has 0 saturated heterocycles. The van der Waals surface area contributed by atoms with Crippen molar-refractivity contribution in [3.05, 3.63) is 23.2 Å². The SMILES string of the molecule is COCCN(c1ccc(N)cc1Cl)C(C)COC. The summed E-state index contributed by atoms with van der Waals surface area (Å²) in [5, 5.41) is 0.647. The van der Waals surface area contributed by atoms with E-state index in [9.17, 15) is 0 Å². The van der Waals surface area contributed by atoms with Crippen LogP contribution in [0.15, 0.2) is 18.2 Å². The van der Waals surface area contributed by atoms with E-state index in [0.29, 0.717) is 23.9 Å². The summed E-state index contributed by atoms with van der Waals surface area (Å²) in [6.45, 7) is 4.11. The van der Waals surface area contributed by atoms with Crippen molar-refractivity contribution in [3.8, 4) is 0 Å². The van der Waals surface area contributed by atoms with E-state index in [4.69, 9.17) is 26.8 Å². The average Bonchev–Trinajstić information content (AvgIpc) is 2.32. The van der Waals surface area contributed by atoms with Crippen LogP contribution in [-0.2, 0) is 9.47 Å². The predicted octanol–water partition coefficient (Wildman–Crippen LogP) is 2.41. The largest absolute Gasteiger partial charge is 0.399 e. The highest BCUT2D eigenvalue weighted by Gasteiger charge is 2.16. The van der Waals surface area contributed by atoms with Crippen molar-refractivity contribution >= 4 is 23.0 Å². The van der Waals surface area contributed by atoms with Crippen LogP contribution < -0.4 is 10.6 Å². The summed E-state index contributed by atoms with van der Waals surface area (Å²) in [7, 11) is 3.37. The third-order valence-electron chi connectivity index (χ3n) is 2.76. The Bertz CT molecular complexity index is 374. The molecule has 0 amide bonds. The topological polar surface area (TPSA) is 47.7 Å². The van der Waals surface area contributed by atoms with E-state index in [-0.39, 0.29) is 6.04 Å². The fraction of sp³-hybridized carbons (Fsp3) is 0.538. The van der Waals surface area contributed by atoms with Crippen LogP contribution in [0.4, 0.5) is 11.4 Å². The molecular weight excluding hydrogens is 252 g/mol. The van der Waals surface area contributed by atoms with Gasteiger partial charge in [-0.2, -0.15) is 0 Å². The molecule has 0 spiro atoms. The molecule has 1 unspecified atom stereocenters. The summed E-state index contributed by atoms with van der Waals surface area (Å²) in [4.78, 5) is 2.16. The molecule has 0 fully saturated rings. The van der Waals surface area contributed by atoms with E-state index in [1.165, 1.54) is 0 Å². The fourth-order valence-electron chi connectivity index (χ4n) is 1.86. The number of halogens is 1. The molecule has 4 nitrogen and oxygen atoms in total. The van der Waals surface area contributed by atoms with Crippen molar-refractivity contribution < 1.29 is 9.47 Å². The normalized spacial score (nSPS) is 12.4. The molecule has 0 aliphatic rings. The highest BCUT2D eigenvalue weighted by atomic mass is 35.5. The molecule has 0 saturated carbocycles. The Morgan fingerprint density at radius 3 is 2.61 bits per heavy atom. The first-order valence-corrected chi connectivity index (χ1v) is 6.27. The van der Waals surface area contributed by atoms with Crippen LogP contribution in [0.25, 0.3) is 0 Å². The highest BCUT2D eigenvalue weighted by molar-refractivity contribution is 6.33. The predicted molar refractivity (Wildman–Crippen MR) is 76.4 cm³/mol. The van der Waals surface area contributed by atoms with Gasteiger partial charge in [-0.25, -0.2) is 0 Å². The number of hydrogen-bond donors (Lipinski definition) is 1. The zero-order chi connectivity index (χ0) is 13.5. The van der Waals surface area contributed by atoms with Crippen LogP contribution in [-0.4, -0.2) is 40.0 Å². The molecule has 1 aromatic rings. The van der Waals surface area contributed by atoms with Crippen LogP contribution in [0.3, 0.4) is 0 Å². The molecule has 0 aliphatic heterocycles. The molecule has 2 N–H and O–H groups in total. The Hall–Kier alpha value is -0.970. The monoisotopic (exact) mass is 272 g/mol. The summed E-state index contributed by atoms with van der Waals surface area (Å²) in [5.41, 5.74) is 7.32. The van der Waals surface area contributed by atoms with Crippen LogP contribution in [0.5, 0.6) is 0 Å². The maximum absolute atomic E-state index is 6.24. The lowest BCUT2D eigenvalue weighted by Crippen LogP contribution is -2.38. The van der Waals surface area contributed by atoms with Crippen molar-refractivity contribution in [1.29, 1.82) is 0 Å². The first-order chi connectivity index (χ1) is 8.60. The van der Waals surface area contributed by atoms with E-state index in [2.05, 4.69) is 11.8 Å². The van der Waals surface area contributed by atoms with Crippen molar-refractivity contribution in [3.63, 3.8) is 0 Å². The molecule has 1 aromatic carbocycles. The first-order valence-electron chi connectivity index (χ1n) is 5.89. The summed E-state index contributed by atoms with van der Waals surface area (Å²) in [5.74, 6) is 0. The molecule has 0 bridgehead atoms. The Morgan fingerprint density at radius 1 is 1.33 bits per heavy atom. The number of methoxy groups -OCH3 is 2. The number of rotatable bonds is 7. The van der Waals surface area contributed by atoms with Gasteiger partial charge in [0.1, 0.15) is 0 Å². The standard InChI is InChI=1S/C13H21ClN2O2/c1-10(9-18-3)16(6-7-17-2)13-5-4-11(15)8-12(13)14/h4-5,8,10H,6-7,9,15H2,1-3H3. The number of ether oxygens (including phenoxy) is 2. The van der Waals surface area contributed by atoms with Crippen LogP contribution in [0, 0.1) is 0 Å². The van der Waals surface area contributed by atoms with Gasteiger partial charge in [0, 0.05) is 32.5 Å². The molecule has 0 aliphatic carbocycles. The number of nitrogens with two attached hydrogens (primary N) is 1. The number of anilines is 2. The summed E-state index contributed by atoms with van der Waals surface area (Å²) in [6.07, 6.45) is 0. The Balaban J connectivity index is 2.93. The van der Waals surface area contributed by atoms with Crippen molar-refractivity contribution in [2.45, 2.75) is 13.0 Å². The molecular formula is C13H21ClN2O2. The Kier molecular flexibility index (Phi) is 6.25. The molecule has 5 heteroatoms. The second-order valence-corrected chi connectivity index (χ2v) is 4.61. The third-order valence-corrected chi connectivity index (χ3v) is 3.06. The smallest absolute Gasteiger partial charge is 0.0663 e. The minimum Gasteiger partial charge on any atom is -0.399 e. The third kappa shape index (κ3) is 4.05. The van der Waals surface area contributed by atoms with Gasteiger partial charge < -0.3 is 20.1 Å². The van der Waals surface area contributed by atoms with Crippen LogP contribution in [0.2, 0.25) is 5.02 Å². The van der Waals surface area contributed by atoms with E-state index >= 15 is 0 Å². The van der Waals surface area contributed by atoms with Crippen LogP contribution >= 0.6 is 11.6 Å². The van der Waals surface area contributed by atoms with Gasteiger partial charge in [0.2, 0.25) is 0 Å². The summed E-state index contributed by atoms with van der Waals surface area (Å²) < 4.78 is 10.3. The zero-order valence-electron chi connectivity index (χ0n) is 11.1. The maximum Gasteiger partial charge on any atom is 0.0663 e. The van der Waals surface area contributed by atoms with E-state index in [1.54, 1.807) is 20.3 Å². The van der Waals surface area contributed by atoms with Crippen molar-refractivity contribution in [2.24, 2.45) is 0 Å². The first kappa shape index (κ1) is 15.1. The second kappa shape index (κ2) is 7.46. The minimum absolute atomic E-state index is 0.214. The number of nitrogen functional groups attached to an aromatic ring is 1. The molecule has 1 rings (SSSR count). The fourth-order valence-corrected chi connectivity index (χ4v) is 2.15. The highest BCUT2D eigenvalue weighted by Crippen LogP contribution is 2.29. The molecule has 0 heterocycles. The van der Waals surface area contributed by atoms with Crippen molar-refractivity contribution in [2.75, 3.05) is 44.6 Å². The van der Waals surface area contributed by atoms with Gasteiger partial charge in [-0.3, -0.25) is 0 Å². The quantitative estimate of drug-likeness (QED) is 0.775. The summed E-state index contributed by atoms with van der Waals surface area (Å²) >= 11 is 6.24. The van der Waals surface area contributed by atoms with E-state index < -0.39 is 0 Å². The zero-order valence-corrected chi connectivity index (χ0v) is 11.9. The summed E-state index contributed by atoms with van der Waals surface area (Å²) in [6, 6.07) is 5.75. The minimum atomic E-state index is 0.214. The van der Waals surface area contributed by atoms with E-state index in [0.717, 1.165) is 12.2 Å². The maximum atomic E-state index is 6.24. The average molecular weight is 273 g/mol. The molecule has 0 aromatic heterocycles. The Morgan fingerprint density at radius 2 is 2.06 bits per heavy atom. The van der Waals surface area contributed by atoms with Crippen LogP contribution in [0.1, 0.15) is 6.92 Å². The lowest BCUT2D eigenvalue weighted by molar-refractivity contribution is 0.171. The van der Waals surface area contributed by atoms with E-state index in [1.807, 2.05) is 12.1 Å². The number of nitrogens with zero attached hydrogens (tertiary/aromatic N) is 1. The lowest BCUT2D eigenvalue weighted by atomic mass is 10.2. The van der Waals surface area contributed by atoms with Gasteiger partial charge in [-0.05, 0) is 25.1 Å². The van der Waals surface area contributed by atoms with Crippen molar-refractivity contribution in [1.82, 2.24) is 0 Å².